The number of halogens is 2. The number of rotatable bonds is 8. The van der Waals surface area contributed by atoms with Gasteiger partial charge in [0.15, 0.2) is 0 Å². The van der Waals surface area contributed by atoms with Crippen molar-refractivity contribution in [3.63, 3.8) is 0 Å². The van der Waals surface area contributed by atoms with E-state index < -0.39 is 39.4 Å². The van der Waals surface area contributed by atoms with Crippen LogP contribution in [0.1, 0.15) is 28.7 Å². The average Bonchev–Trinajstić information content (AvgIpc) is 3.34. The predicted octanol–water partition coefficient (Wildman–Crippen LogP) is 5.05. The summed E-state index contributed by atoms with van der Waals surface area (Å²) in [7, 11) is -4.70. The van der Waals surface area contributed by atoms with Gasteiger partial charge >= 0.3 is 5.97 Å². The number of carbonyl (C=O) groups excluding carboxylic acids is 1. The van der Waals surface area contributed by atoms with Crippen molar-refractivity contribution in [1.29, 1.82) is 0 Å². The van der Waals surface area contributed by atoms with Crippen molar-refractivity contribution in [2.24, 2.45) is 0 Å². The van der Waals surface area contributed by atoms with Crippen molar-refractivity contribution in [3.8, 4) is 0 Å². The van der Waals surface area contributed by atoms with Gasteiger partial charge in [-0.25, -0.2) is 12.8 Å². The Kier molecular flexibility index (Phi) is 7.53. The van der Waals surface area contributed by atoms with Crippen LogP contribution in [-0.2, 0) is 39.0 Å². The summed E-state index contributed by atoms with van der Waals surface area (Å²) in [4.78, 5) is 24.3. The normalized spacial score (nSPS) is 20.1. The van der Waals surface area contributed by atoms with Gasteiger partial charge in [-0.2, -0.15) is 0 Å². The number of amides is 1. The number of para-hydroxylation sites is 1. The molecule has 2 atom stereocenters. The first-order valence-corrected chi connectivity index (χ1v) is 14.4. The van der Waals surface area contributed by atoms with Crippen molar-refractivity contribution in [3.05, 3.63) is 118 Å². The quantitative estimate of drug-likeness (QED) is 0.388. The molecule has 3 aromatic carbocycles. The topological polar surface area (TPSA) is 104 Å². The number of hydrogen-bond acceptors (Lipinski definition) is 4. The van der Waals surface area contributed by atoms with E-state index in [1.807, 2.05) is 0 Å². The number of allylic oxidation sites excluding steroid dienone is 3. The summed E-state index contributed by atoms with van der Waals surface area (Å²) in [5, 5.41) is 9.39. The average molecular weight is 581 g/mol. The summed E-state index contributed by atoms with van der Waals surface area (Å²) in [6.07, 6.45) is 3.47. The smallest absolute Gasteiger partial charge is 0.307 e. The van der Waals surface area contributed by atoms with Gasteiger partial charge in [-0.3, -0.25) is 13.9 Å². The van der Waals surface area contributed by atoms with Gasteiger partial charge in [0, 0.05) is 24.4 Å². The molecule has 40 heavy (non-hydrogen) atoms. The molecule has 0 radical (unpaired) electrons. The Labute approximate surface area is 236 Å². The number of carboxylic acid groups (broad SMARTS) is 1. The van der Waals surface area contributed by atoms with Gasteiger partial charge in [-0.05, 0) is 46.0 Å². The third-order valence-electron chi connectivity index (χ3n) is 7.06. The first-order valence-electron chi connectivity index (χ1n) is 12.6. The molecule has 2 aliphatic rings. The van der Waals surface area contributed by atoms with Crippen LogP contribution in [0.4, 0.5) is 10.1 Å². The van der Waals surface area contributed by atoms with E-state index in [0.29, 0.717) is 32.8 Å². The Bertz CT molecular complexity index is 1640. The van der Waals surface area contributed by atoms with Crippen LogP contribution >= 0.6 is 11.6 Å². The molecule has 1 heterocycles. The van der Waals surface area contributed by atoms with Gasteiger partial charge < -0.3 is 10.4 Å². The van der Waals surface area contributed by atoms with E-state index in [0.717, 1.165) is 10.4 Å². The SMILES string of the molecule is O=C(O)Cc1ccc(CNC(=O)[C@@H]2Cc3ccccc3N2S(=O)(=O)C2(F)C=CC(c3ccccc3Cl)=CC2)cc1. The first-order chi connectivity index (χ1) is 19.1. The molecule has 0 fully saturated rings. The number of nitrogens with one attached hydrogen (secondary N) is 1. The second kappa shape index (κ2) is 10.9. The van der Waals surface area contributed by atoms with Crippen molar-refractivity contribution in [2.45, 2.75) is 36.8 Å². The lowest BCUT2D eigenvalue weighted by Crippen LogP contribution is -2.53. The lowest BCUT2D eigenvalue weighted by atomic mass is 9.98. The van der Waals surface area contributed by atoms with E-state index in [2.05, 4.69) is 5.32 Å². The number of anilines is 1. The van der Waals surface area contributed by atoms with Gasteiger partial charge in [-0.15, -0.1) is 0 Å². The van der Waals surface area contributed by atoms with E-state index in [1.54, 1.807) is 72.8 Å². The summed E-state index contributed by atoms with van der Waals surface area (Å²) in [5.74, 6) is -1.51. The molecule has 0 spiro atoms. The molecule has 0 saturated heterocycles. The lowest BCUT2D eigenvalue weighted by Gasteiger charge is -2.33. The van der Waals surface area contributed by atoms with Crippen molar-refractivity contribution >= 4 is 44.8 Å². The fourth-order valence-corrected chi connectivity index (χ4v) is 7.01. The molecule has 206 valence electrons. The van der Waals surface area contributed by atoms with Crippen LogP contribution < -0.4 is 9.62 Å². The van der Waals surface area contributed by atoms with Crippen molar-refractivity contribution < 1.29 is 27.5 Å². The molecule has 2 N–H and O–H groups in total. The van der Waals surface area contributed by atoms with Gasteiger partial charge in [0.1, 0.15) is 6.04 Å². The number of aliphatic carboxylic acids is 1. The molecule has 1 amide bonds. The fourth-order valence-electron chi connectivity index (χ4n) is 4.96. The number of benzene rings is 3. The zero-order valence-electron chi connectivity index (χ0n) is 21.3. The molecule has 0 bridgehead atoms. The highest BCUT2D eigenvalue weighted by Gasteiger charge is 2.52. The van der Waals surface area contributed by atoms with Crippen LogP contribution in [0, 0.1) is 0 Å². The number of carboxylic acids is 1. The molecular weight excluding hydrogens is 555 g/mol. The number of alkyl halides is 1. The van der Waals surface area contributed by atoms with Crippen LogP contribution in [0.2, 0.25) is 5.02 Å². The summed E-state index contributed by atoms with van der Waals surface area (Å²) in [6, 6.07) is 19.3. The van der Waals surface area contributed by atoms with Crippen LogP contribution in [0.3, 0.4) is 0 Å². The maximum atomic E-state index is 16.3. The highest BCUT2D eigenvalue weighted by atomic mass is 35.5. The van der Waals surface area contributed by atoms with Crippen molar-refractivity contribution in [1.82, 2.24) is 5.32 Å². The Hall–Kier alpha value is -3.95. The Morgan fingerprint density at radius 1 is 1.02 bits per heavy atom. The molecule has 1 aliphatic carbocycles. The lowest BCUT2D eigenvalue weighted by molar-refractivity contribution is -0.136. The van der Waals surface area contributed by atoms with Crippen LogP contribution in [0.5, 0.6) is 0 Å². The minimum Gasteiger partial charge on any atom is -0.481 e. The van der Waals surface area contributed by atoms with Gasteiger partial charge in [0.25, 0.3) is 15.0 Å². The Balaban J connectivity index is 1.38. The number of fused-ring (bicyclic) bond motifs is 1. The number of sulfonamides is 1. The zero-order valence-corrected chi connectivity index (χ0v) is 22.8. The first kappa shape index (κ1) is 27.6. The third-order valence-corrected chi connectivity index (χ3v) is 9.52. The minimum absolute atomic E-state index is 0.0948. The minimum atomic E-state index is -4.70. The van der Waals surface area contributed by atoms with E-state index in [9.17, 15) is 18.0 Å². The van der Waals surface area contributed by atoms with Gasteiger partial charge in [0.05, 0.1) is 12.1 Å². The molecule has 1 aliphatic heterocycles. The van der Waals surface area contributed by atoms with E-state index >= 15 is 4.39 Å². The highest BCUT2D eigenvalue weighted by molar-refractivity contribution is 7.94. The second-order valence-electron chi connectivity index (χ2n) is 9.72. The molecular formula is C30H26ClFN2O5S. The largest absolute Gasteiger partial charge is 0.481 e. The van der Waals surface area contributed by atoms with Crippen molar-refractivity contribution in [2.75, 3.05) is 4.31 Å². The highest BCUT2D eigenvalue weighted by Crippen LogP contribution is 2.43. The Morgan fingerprint density at radius 2 is 1.70 bits per heavy atom. The van der Waals surface area contributed by atoms with Crippen LogP contribution in [0.15, 0.2) is 91.0 Å². The second-order valence-corrected chi connectivity index (χ2v) is 12.1. The summed E-state index contributed by atoms with van der Waals surface area (Å²) >= 11 is 6.27. The monoisotopic (exact) mass is 580 g/mol. The molecule has 0 saturated carbocycles. The van der Waals surface area contributed by atoms with Crippen LogP contribution in [-0.4, -0.2) is 36.4 Å². The van der Waals surface area contributed by atoms with E-state index in [1.165, 1.54) is 12.2 Å². The van der Waals surface area contributed by atoms with E-state index in [4.69, 9.17) is 16.7 Å². The number of carbonyl (C=O) groups is 2. The maximum absolute atomic E-state index is 16.3. The maximum Gasteiger partial charge on any atom is 0.307 e. The standard InChI is InChI=1S/C30H26ClFN2O5S/c31-25-7-3-2-6-24(25)22-13-15-30(32,16-14-22)40(38,39)34-26-8-4-1-5-23(26)18-27(34)29(37)33-19-21-11-9-20(10-12-21)17-28(35)36/h1-15,27H,16-19H2,(H,33,37)(H,35,36)/t27-,30?/m0/s1. The molecule has 7 nitrogen and oxygen atoms in total. The van der Waals surface area contributed by atoms with Gasteiger partial charge in [-0.1, -0.05) is 84.4 Å². The number of nitrogens with zero attached hydrogens (tertiary/aromatic N) is 1. The molecule has 0 aromatic heterocycles. The fraction of sp³-hybridized carbons (Fsp3) is 0.200. The van der Waals surface area contributed by atoms with Crippen LogP contribution in [0.25, 0.3) is 5.57 Å². The van der Waals surface area contributed by atoms with Gasteiger partial charge in [0.2, 0.25) is 5.91 Å². The zero-order chi connectivity index (χ0) is 28.5. The molecule has 5 rings (SSSR count). The molecule has 3 aromatic rings. The predicted molar refractivity (Wildman–Crippen MR) is 152 cm³/mol. The van der Waals surface area contributed by atoms with E-state index in [-0.39, 0.29) is 25.1 Å². The molecule has 10 heteroatoms. The summed E-state index contributed by atoms with van der Waals surface area (Å²) in [5.41, 5.74) is 3.50. The molecule has 1 unspecified atom stereocenters. The summed E-state index contributed by atoms with van der Waals surface area (Å²) < 4.78 is 45.1. The summed E-state index contributed by atoms with van der Waals surface area (Å²) in [6.45, 7) is 0.0948. The Morgan fingerprint density at radius 3 is 2.38 bits per heavy atom. The third kappa shape index (κ3) is 5.26. The number of hydrogen-bond donors (Lipinski definition) is 2.